The largest absolute Gasteiger partial charge is 0.396 e. The number of likely N-dealkylation sites (tertiary alicyclic amines) is 1. The van der Waals surface area contributed by atoms with Crippen molar-refractivity contribution in [1.82, 2.24) is 14.8 Å². The molecule has 2 N–H and O–H groups in total. The predicted octanol–water partition coefficient (Wildman–Crippen LogP) is 3.92. The van der Waals surface area contributed by atoms with Crippen LogP contribution in [0.5, 0.6) is 0 Å². The lowest BCUT2D eigenvalue weighted by Gasteiger charge is -2.43. The minimum absolute atomic E-state index is 0.0628. The Bertz CT molecular complexity index is 1230. The van der Waals surface area contributed by atoms with E-state index in [1.165, 1.54) is 5.56 Å². The van der Waals surface area contributed by atoms with Crippen LogP contribution >= 0.6 is 11.6 Å². The number of halogens is 1. The Balaban J connectivity index is 0.000000396. The highest BCUT2D eigenvalue weighted by Crippen LogP contribution is 2.29. The second kappa shape index (κ2) is 12.6. The van der Waals surface area contributed by atoms with Crippen LogP contribution in [-0.2, 0) is 4.79 Å². The van der Waals surface area contributed by atoms with Gasteiger partial charge in [-0.3, -0.25) is 14.5 Å². The number of hydrogen-bond donors (Lipinski definition) is 2. The molecule has 2 aliphatic heterocycles. The first-order valence-electron chi connectivity index (χ1n) is 13.1. The third-order valence-electron chi connectivity index (χ3n) is 7.42. The fourth-order valence-corrected chi connectivity index (χ4v) is 5.47. The van der Waals surface area contributed by atoms with Crippen molar-refractivity contribution < 1.29 is 9.90 Å². The molecule has 0 bridgehead atoms. The molecule has 2 aliphatic rings. The molecule has 5 rings (SSSR count). The fraction of sp³-hybridized carbons (Fsp3) is 0.448. The molecule has 1 amide bonds. The minimum Gasteiger partial charge on any atom is -0.396 e. The highest BCUT2D eigenvalue weighted by Gasteiger charge is 2.30. The summed E-state index contributed by atoms with van der Waals surface area (Å²) in [4.78, 5) is 33.7. The van der Waals surface area contributed by atoms with Gasteiger partial charge in [0.2, 0.25) is 5.91 Å². The molecule has 0 radical (unpaired) electrons. The first-order chi connectivity index (χ1) is 17.9. The quantitative estimate of drug-likeness (QED) is 0.541. The Morgan fingerprint density at radius 2 is 1.73 bits per heavy atom. The lowest BCUT2D eigenvalue weighted by atomic mass is 10.0. The van der Waals surface area contributed by atoms with E-state index < -0.39 is 0 Å². The maximum Gasteiger partial charge on any atom is 0.257 e. The van der Waals surface area contributed by atoms with Crippen molar-refractivity contribution in [2.45, 2.75) is 32.7 Å². The van der Waals surface area contributed by atoms with Gasteiger partial charge in [0, 0.05) is 57.2 Å². The number of rotatable bonds is 4. The van der Waals surface area contributed by atoms with E-state index in [1.807, 2.05) is 41.3 Å². The first-order valence-corrected chi connectivity index (χ1v) is 13.5. The number of carbonyl (C=O) groups excluding carboxylic acids is 1. The van der Waals surface area contributed by atoms with E-state index in [-0.39, 0.29) is 24.0 Å². The van der Waals surface area contributed by atoms with Gasteiger partial charge in [-0.05, 0) is 43.4 Å². The number of piperazine rings is 1. The Morgan fingerprint density at radius 3 is 2.32 bits per heavy atom. The maximum atomic E-state index is 12.3. The summed E-state index contributed by atoms with van der Waals surface area (Å²) in [6.07, 6.45) is 3.62. The standard InChI is InChI=1S/C22H29ClN4O3.C7H8/c1-15(14-28)22(30)27-6-3-17(4-7-27)25-8-10-26(11-9-25)18-12-16-2-5-24-21(29)20(16)19(23)13-18;1-7-5-3-2-4-6-7/h2,5,12-13,15,17,28H,3-4,6-11,14H2,1H3,(H,24,29);2-6H,1H3. The normalized spacial score (nSPS) is 17.8. The molecule has 2 saturated heterocycles. The third kappa shape index (κ3) is 6.72. The third-order valence-corrected chi connectivity index (χ3v) is 7.72. The van der Waals surface area contributed by atoms with Gasteiger partial charge in [0.05, 0.1) is 22.9 Å². The van der Waals surface area contributed by atoms with Crippen molar-refractivity contribution in [3.8, 4) is 0 Å². The molecular formula is C29H37ClN4O3. The van der Waals surface area contributed by atoms with Crippen molar-refractivity contribution in [2.24, 2.45) is 5.92 Å². The van der Waals surface area contributed by atoms with E-state index in [9.17, 15) is 14.7 Å². The van der Waals surface area contributed by atoms with Gasteiger partial charge in [-0.25, -0.2) is 0 Å². The maximum absolute atomic E-state index is 12.3. The first kappa shape index (κ1) is 27.2. The van der Waals surface area contributed by atoms with E-state index in [2.05, 4.69) is 33.8 Å². The average molecular weight is 525 g/mol. The molecule has 7 nitrogen and oxygen atoms in total. The smallest absolute Gasteiger partial charge is 0.257 e. The molecule has 2 aromatic carbocycles. The molecule has 1 atom stereocenters. The van der Waals surface area contributed by atoms with Crippen molar-refractivity contribution >= 4 is 34.0 Å². The summed E-state index contributed by atoms with van der Waals surface area (Å²) in [5, 5.41) is 11.1. The number of nitrogens with zero attached hydrogens (tertiary/aromatic N) is 3. The van der Waals surface area contributed by atoms with Crippen LogP contribution in [0.25, 0.3) is 10.8 Å². The van der Waals surface area contributed by atoms with Gasteiger partial charge in [0.1, 0.15) is 0 Å². The number of aryl methyl sites for hydroxylation is 1. The lowest BCUT2D eigenvalue weighted by molar-refractivity contribution is -0.137. The summed E-state index contributed by atoms with van der Waals surface area (Å²) < 4.78 is 0. The topological polar surface area (TPSA) is 79.9 Å². The van der Waals surface area contributed by atoms with Crippen LogP contribution in [0.2, 0.25) is 5.02 Å². The molecule has 0 aliphatic carbocycles. The van der Waals surface area contributed by atoms with Crippen LogP contribution in [0.1, 0.15) is 25.3 Å². The van der Waals surface area contributed by atoms with Crippen molar-refractivity contribution in [2.75, 3.05) is 50.8 Å². The van der Waals surface area contributed by atoms with E-state index in [4.69, 9.17) is 11.6 Å². The Morgan fingerprint density at radius 1 is 1.05 bits per heavy atom. The highest BCUT2D eigenvalue weighted by atomic mass is 35.5. The fourth-order valence-electron chi connectivity index (χ4n) is 5.17. The molecule has 198 valence electrons. The van der Waals surface area contributed by atoms with Gasteiger partial charge in [0.25, 0.3) is 5.56 Å². The number of carbonyl (C=O) groups is 1. The number of hydrogen-bond acceptors (Lipinski definition) is 5. The zero-order chi connectivity index (χ0) is 26.4. The number of anilines is 1. The second-order valence-corrected chi connectivity index (χ2v) is 10.4. The Hall–Kier alpha value is -2.87. The van der Waals surface area contributed by atoms with Crippen LogP contribution < -0.4 is 10.5 Å². The van der Waals surface area contributed by atoms with Crippen LogP contribution in [0.4, 0.5) is 5.69 Å². The average Bonchev–Trinajstić information content (AvgIpc) is 2.93. The molecule has 1 aromatic heterocycles. The number of aliphatic hydroxyl groups excluding tert-OH is 1. The van der Waals surface area contributed by atoms with Crippen LogP contribution in [-0.4, -0.2) is 77.7 Å². The molecule has 0 saturated carbocycles. The number of benzene rings is 2. The summed E-state index contributed by atoms with van der Waals surface area (Å²) in [6.45, 7) is 9.06. The molecule has 1 unspecified atom stereocenters. The minimum atomic E-state index is -0.311. The van der Waals surface area contributed by atoms with E-state index in [1.54, 1.807) is 13.1 Å². The van der Waals surface area contributed by atoms with Crippen LogP contribution in [0, 0.1) is 12.8 Å². The SMILES string of the molecule is CC(CO)C(=O)N1CCC(N2CCN(c3cc(Cl)c4c(=O)[nH]ccc4c3)CC2)CC1.Cc1ccccc1. The zero-order valence-corrected chi connectivity index (χ0v) is 22.5. The lowest BCUT2D eigenvalue weighted by Crippen LogP contribution is -2.54. The van der Waals surface area contributed by atoms with Crippen LogP contribution in [0.3, 0.4) is 0 Å². The number of nitrogens with one attached hydrogen (secondary N) is 1. The Kier molecular flexibility index (Phi) is 9.24. The molecule has 0 spiro atoms. The van der Waals surface area contributed by atoms with Gasteiger partial charge in [-0.15, -0.1) is 0 Å². The number of aliphatic hydroxyl groups is 1. The van der Waals surface area contributed by atoms with Gasteiger partial charge in [0.15, 0.2) is 0 Å². The van der Waals surface area contributed by atoms with Crippen molar-refractivity contribution in [3.63, 3.8) is 0 Å². The van der Waals surface area contributed by atoms with E-state index in [0.29, 0.717) is 16.5 Å². The van der Waals surface area contributed by atoms with Crippen molar-refractivity contribution in [1.29, 1.82) is 0 Å². The summed E-state index contributed by atoms with van der Waals surface area (Å²) in [5.41, 5.74) is 2.21. The van der Waals surface area contributed by atoms with Gasteiger partial charge in [-0.1, -0.05) is 54.4 Å². The van der Waals surface area contributed by atoms with E-state index in [0.717, 1.165) is 63.2 Å². The molecule has 37 heavy (non-hydrogen) atoms. The number of aromatic amines is 1. The highest BCUT2D eigenvalue weighted by molar-refractivity contribution is 6.35. The molecule has 3 aromatic rings. The summed E-state index contributed by atoms with van der Waals surface area (Å²) in [6, 6.07) is 16.6. The zero-order valence-electron chi connectivity index (χ0n) is 21.7. The number of piperidine rings is 1. The number of pyridine rings is 1. The monoisotopic (exact) mass is 524 g/mol. The van der Waals surface area contributed by atoms with E-state index >= 15 is 0 Å². The molecular weight excluding hydrogens is 488 g/mol. The number of fused-ring (bicyclic) bond motifs is 1. The van der Waals surface area contributed by atoms with Crippen LogP contribution in [0.15, 0.2) is 59.5 Å². The number of H-pyrrole nitrogens is 1. The summed E-state index contributed by atoms with van der Waals surface area (Å²) in [5.74, 6) is -0.248. The number of amides is 1. The van der Waals surface area contributed by atoms with Gasteiger partial charge in [-0.2, -0.15) is 0 Å². The second-order valence-electron chi connectivity index (χ2n) is 10.0. The Labute approximate surface area is 223 Å². The van der Waals surface area contributed by atoms with Gasteiger partial charge < -0.3 is 19.9 Å². The molecule has 2 fully saturated rings. The number of aromatic nitrogens is 1. The predicted molar refractivity (Wildman–Crippen MR) is 150 cm³/mol. The van der Waals surface area contributed by atoms with Gasteiger partial charge >= 0.3 is 0 Å². The summed E-state index contributed by atoms with van der Waals surface area (Å²) >= 11 is 6.40. The van der Waals surface area contributed by atoms with Crippen molar-refractivity contribution in [3.05, 3.63) is 75.7 Å². The molecule has 8 heteroatoms. The molecule has 3 heterocycles. The summed E-state index contributed by atoms with van der Waals surface area (Å²) in [7, 11) is 0.